The fourth-order valence-electron chi connectivity index (χ4n) is 7.96. The van der Waals surface area contributed by atoms with Crippen molar-refractivity contribution in [2.24, 2.45) is 0 Å². The summed E-state index contributed by atoms with van der Waals surface area (Å²) in [4.78, 5) is 39.8. The van der Waals surface area contributed by atoms with Crippen LogP contribution in [0.4, 0.5) is 0 Å². The van der Waals surface area contributed by atoms with Crippen molar-refractivity contribution in [3.05, 3.63) is 71.8 Å². The van der Waals surface area contributed by atoms with Gasteiger partial charge in [-0.25, -0.2) is 4.18 Å². The molecule has 6 atom stereocenters. The first-order chi connectivity index (χ1) is 30.0. The van der Waals surface area contributed by atoms with E-state index in [0.717, 1.165) is 116 Å². The van der Waals surface area contributed by atoms with Gasteiger partial charge in [0.1, 0.15) is 24.4 Å². The number of amides is 1. The summed E-state index contributed by atoms with van der Waals surface area (Å²) >= 11 is 0. The van der Waals surface area contributed by atoms with Gasteiger partial charge in [0, 0.05) is 12.8 Å². The summed E-state index contributed by atoms with van der Waals surface area (Å²) in [6, 6.07) is 19.1. The Morgan fingerprint density at radius 2 is 1.16 bits per heavy atom. The molecule has 1 saturated heterocycles. The van der Waals surface area contributed by atoms with Gasteiger partial charge in [-0.05, 0) is 62.5 Å². The molecule has 1 unspecified atom stereocenters. The van der Waals surface area contributed by atoms with Gasteiger partial charge in [-0.1, -0.05) is 157 Å². The highest BCUT2D eigenvalue weighted by Gasteiger charge is 2.50. The van der Waals surface area contributed by atoms with Crippen LogP contribution in [-0.2, 0) is 56.0 Å². The summed E-state index contributed by atoms with van der Waals surface area (Å²) in [7, 11) is -5.17. The van der Waals surface area contributed by atoms with Crippen LogP contribution < -0.4 is 5.32 Å². The van der Waals surface area contributed by atoms with E-state index in [1.807, 2.05) is 24.3 Å². The first kappa shape index (κ1) is 52.9. The number of carbonyl (C=O) groups is 3. The zero-order valence-corrected chi connectivity index (χ0v) is 37.9. The molecule has 350 valence electrons. The second-order valence-corrected chi connectivity index (χ2v) is 17.8. The molecule has 62 heavy (non-hydrogen) atoms. The van der Waals surface area contributed by atoms with E-state index in [-0.39, 0.29) is 19.3 Å². The van der Waals surface area contributed by atoms with Gasteiger partial charge in [0.15, 0.2) is 12.4 Å². The molecule has 0 radical (unpaired) electrons. The quantitative estimate of drug-likeness (QED) is 0.0297. The third-order valence-corrected chi connectivity index (χ3v) is 11.9. The molecule has 3 rings (SSSR count). The predicted octanol–water partition coefficient (Wildman–Crippen LogP) is 8.67. The van der Waals surface area contributed by atoms with Crippen molar-refractivity contribution < 1.29 is 56.0 Å². The minimum atomic E-state index is -5.17. The number of rotatable bonds is 34. The average molecular weight is 890 g/mol. The lowest BCUT2D eigenvalue weighted by molar-refractivity contribution is -0.254. The highest BCUT2D eigenvalue weighted by Crippen LogP contribution is 2.28. The summed E-state index contributed by atoms with van der Waals surface area (Å²) in [5.74, 6) is -1.82. The molecule has 14 heteroatoms. The summed E-state index contributed by atoms with van der Waals surface area (Å²) in [6.07, 6.45) is 13.1. The molecule has 2 aromatic rings. The first-order valence-corrected chi connectivity index (χ1v) is 24.7. The number of ether oxygens (including phenoxy) is 3. The number of aliphatic hydroxyl groups excluding tert-OH is 2. The maximum atomic E-state index is 13.6. The molecular weight excluding hydrogens is 815 g/mol. The van der Waals surface area contributed by atoms with E-state index < -0.39 is 71.6 Å². The van der Waals surface area contributed by atoms with Crippen molar-refractivity contribution in [3.63, 3.8) is 0 Å². The Labute approximate surface area is 371 Å². The van der Waals surface area contributed by atoms with Gasteiger partial charge < -0.3 is 29.7 Å². The highest BCUT2D eigenvalue weighted by molar-refractivity contribution is 7.80. The predicted molar refractivity (Wildman–Crippen MR) is 238 cm³/mol. The number of hydrogen-bond acceptors (Lipinski definition) is 11. The van der Waals surface area contributed by atoms with Crippen molar-refractivity contribution in [2.45, 2.75) is 204 Å². The number of hydrogen-bond donors (Lipinski definition) is 4. The van der Waals surface area contributed by atoms with E-state index >= 15 is 0 Å². The largest absolute Gasteiger partial charge is 0.462 e. The molecule has 2 aromatic carbocycles. The zero-order valence-electron chi connectivity index (χ0n) is 37.0. The van der Waals surface area contributed by atoms with Crippen LogP contribution in [0.5, 0.6) is 0 Å². The molecule has 0 spiro atoms. The van der Waals surface area contributed by atoms with Crippen LogP contribution in [0.2, 0.25) is 0 Å². The molecule has 0 aromatic heterocycles. The monoisotopic (exact) mass is 890 g/mol. The third kappa shape index (κ3) is 23.3. The van der Waals surface area contributed by atoms with Crippen molar-refractivity contribution >= 4 is 28.2 Å². The van der Waals surface area contributed by atoms with Gasteiger partial charge in [-0.15, -0.1) is 0 Å². The van der Waals surface area contributed by atoms with Crippen LogP contribution in [0.25, 0.3) is 0 Å². The summed E-state index contributed by atoms with van der Waals surface area (Å²) in [6.45, 7) is 1.30. The molecular formula is C48H75NO12S. The van der Waals surface area contributed by atoms with Gasteiger partial charge in [0.2, 0.25) is 5.91 Å². The number of carbonyl (C=O) groups excluding carboxylic acids is 3. The van der Waals surface area contributed by atoms with Crippen molar-refractivity contribution in [1.82, 2.24) is 5.32 Å². The lowest BCUT2D eigenvalue weighted by Crippen LogP contribution is -2.66. The molecule has 1 heterocycles. The minimum absolute atomic E-state index is 0.0365. The topological polar surface area (TPSA) is 195 Å². The molecule has 1 amide bonds. The fraction of sp³-hybridized carbons (Fsp3) is 0.688. The van der Waals surface area contributed by atoms with Gasteiger partial charge in [0.25, 0.3) is 0 Å². The van der Waals surface area contributed by atoms with E-state index in [0.29, 0.717) is 19.3 Å². The van der Waals surface area contributed by atoms with Crippen LogP contribution >= 0.6 is 0 Å². The third-order valence-electron chi connectivity index (χ3n) is 11.4. The number of benzene rings is 2. The van der Waals surface area contributed by atoms with Crippen molar-refractivity contribution in [1.29, 1.82) is 0 Å². The smallest absolute Gasteiger partial charge is 0.397 e. The Balaban J connectivity index is 1.55. The van der Waals surface area contributed by atoms with E-state index in [9.17, 15) is 37.6 Å². The minimum Gasteiger partial charge on any atom is -0.462 e. The van der Waals surface area contributed by atoms with Crippen LogP contribution in [0.3, 0.4) is 0 Å². The van der Waals surface area contributed by atoms with Crippen LogP contribution in [-0.4, -0.2) is 84.4 Å². The summed E-state index contributed by atoms with van der Waals surface area (Å²) < 4.78 is 55.2. The molecule has 1 fully saturated rings. The molecule has 0 aliphatic carbocycles. The molecule has 13 nitrogen and oxygen atoms in total. The van der Waals surface area contributed by atoms with Gasteiger partial charge in [-0.2, -0.15) is 8.42 Å². The highest BCUT2D eigenvalue weighted by atomic mass is 32.3. The van der Waals surface area contributed by atoms with Crippen LogP contribution in [0.1, 0.15) is 166 Å². The number of aryl methyl sites for hydroxylation is 2. The van der Waals surface area contributed by atoms with Gasteiger partial charge in [-0.3, -0.25) is 18.9 Å². The lowest BCUT2D eigenvalue weighted by Gasteiger charge is -2.43. The number of aliphatic hydroxyl groups is 2. The Hall–Kier alpha value is -3.40. The van der Waals surface area contributed by atoms with E-state index in [4.69, 9.17) is 18.4 Å². The van der Waals surface area contributed by atoms with E-state index in [2.05, 4.69) is 48.6 Å². The number of unbranched alkanes of at least 4 members (excludes halogenated alkanes) is 16. The Morgan fingerprint density at radius 3 is 1.68 bits per heavy atom. The maximum Gasteiger partial charge on any atom is 0.397 e. The van der Waals surface area contributed by atoms with Gasteiger partial charge >= 0.3 is 22.3 Å². The zero-order chi connectivity index (χ0) is 44.8. The van der Waals surface area contributed by atoms with Gasteiger partial charge in [0.05, 0.1) is 13.0 Å². The molecule has 4 N–H and O–H groups in total. The van der Waals surface area contributed by atoms with E-state index in [1.165, 1.54) is 17.5 Å². The van der Waals surface area contributed by atoms with Crippen LogP contribution in [0.15, 0.2) is 60.7 Å². The second kappa shape index (κ2) is 31.4. The van der Waals surface area contributed by atoms with E-state index in [1.54, 1.807) is 0 Å². The summed E-state index contributed by atoms with van der Waals surface area (Å²) in [5.41, 5.74) is 2.64. The summed E-state index contributed by atoms with van der Waals surface area (Å²) in [5, 5.41) is 23.6. The molecule has 0 saturated carbocycles. The second-order valence-electron chi connectivity index (χ2n) is 16.7. The maximum absolute atomic E-state index is 13.6. The normalized spacial score (nSPS) is 19.5. The van der Waals surface area contributed by atoms with Crippen LogP contribution in [0, 0.1) is 0 Å². The lowest BCUT2D eigenvalue weighted by atomic mass is 9.96. The average Bonchev–Trinajstić information content (AvgIpc) is 3.24. The Morgan fingerprint density at radius 1 is 0.677 bits per heavy atom. The Bertz CT molecular complexity index is 1610. The number of esters is 2. The number of nitrogens with one attached hydrogen (secondary N) is 1. The van der Waals surface area contributed by atoms with Crippen molar-refractivity contribution in [2.75, 3.05) is 6.61 Å². The molecule has 1 aliphatic heterocycles. The molecule has 1 aliphatic rings. The molecule has 0 bridgehead atoms. The SMILES string of the molecule is CCCCCCCCC[C@@H](CC(=O)N[C@H]1C(O)O[C@H](CO)[C@@H](OS(=O)(=O)O)[C@@H]1OC(=O)CCCCCCCCc1ccccc1)OC(=O)CCCCCCCCc1ccccc1. The Kier molecular flexibility index (Phi) is 26.9. The van der Waals surface area contributed by atoms with Crippen molar-refractivity contribution in [3.8, 4) is 0 Å². The standard InChI is InChI=1S/C48H75NO12S/c1-2-3-4-5-6-13-24-33-40(58-43(52)34-25-14-9-7-11-18-27-38-29-20-16-21-30-38)36-42(51)49-45-47(46(61-62(55,56)57)41(37-50)59-48(45)54)60-44(53)35-26-15-10-8-12-19-28-39-31-22-17-23-32-39/h16-17,20-23,29-32,40-41,45-48,50,54H,2-15,18-19,24-28,33-37H2,1H3,(H,49,51)(H,55,56,57)/t40-,41+,45+,46+,47+,48?/m0/s1. The fourth-order valence-corrected chi connectivity index (χ4v) is 8.47. The first-order valence-electron chi connectivity index (χ1n) is 23.3.